The number of hydrogen-bond acceptors (Lipinski definition) is 2. The maximum atomic E-state index is 5.75. The molecule has 0 fully saturated rings. The molecule has 2 N–H and O–H groups in total. The Bertz CT molecular complexity index is 607. The summed E-state index contributed by atoms with van der Waals surface area (Å²) in [5.74, 6) is 1.24. The number of benzene rings is 1. The first-order valence-corrected chi connectivity index (χ1v) is 6.96. The molecule has 3 nitrogen and oxygen atoms in total. The largest absolute Gasteiger partial charge is 0.393 e. The van der Waals surface area contributed by atoms with Crippen molar-refractivity contribution in [2.45, 2.75) is 39.7 Å². The van der Waals surface area contributed by atoms with Crippen molar-refractivity contribution in [1.82, 2.24) is 9.55 Å². The molecule has 2 aromatic rings. The molecule has 1 heterocycles. The summed E-state index contributed by atoms with van der Waals surface area (Å²) in [6.07, 6.45) is 0. The van der Waals surface area contributed by atoms with Crippen molar-refractivity contribution in [3.63, 3.8) is 0 Å². The molecule has 1 aromatic heterocycles. The molecular formula is C15H21N3S. The summed E-state index contributed by atoms with van der Waals surface area (Å²) >= 11 is 5.09. The molecule has 0 bridgehead atoms. The lowest BCUT2D eigenvalue weighted by Gasteiger charge is -2.22. The maximum Gasteiger partial charge on any atom is 0.115 e. The number of nitrogens with two attached hydrogens (primary N) is 1. The Morgan fingerprint density at radius 1 is 1.37 bits per heavy atom. The predicted molar refractivity (Wildman–Crippen MR) is 84.4 cm³/mol. The number of imidazole rings is 1. The number of thiocarbonyl (C=S) groups is 1. The molecule has 4 heteroatoms. The summed E-state index contributed by atoms with van der Waals surface area (Å²) in [5, 5.41) is 0. The van der Waals surface area contributed by atoms with E-state index in [9.17, 15) is 0 Å². The van der Waals surface area contributed by atoms with Gasteiger partial charge in [-0.2, -0.15) is 0 Å². The van der Waals surface area contributed by atoms with E-state index in [1.165, 1.54) is 0 Å². The van der Waals surface area contributed by atoms with Crippen LogP contribution in [0.15, 0.2) is 24.3 Å². The van der Waals surface area contributed by atoms with Crippen LogP contribution < -0.4 is 5.73 Å². The van der Waals surface area contributed by atoms with Gasteiger partial charge in [-0.05, 0) is 12.1 Å². The Hall–Kier alpha value is -1.42. The van der Waals surface area contributed by atoms with E-state index >= 15 is 0 Å². The molecule has 1 aromatic carbocycles. The fourth-order valence-electron chi connectivity index (χ4n) is 2.20. The van der Waals surface area contributed by atoms with Crippen molar-refractivity contribution in [3.8, 4) is 0 Å². The highest BCUT2D eigenvalue weighted by Crippen LogP contribution is 2.27. The van der Waals surface area contributed by atoms with Crippen LogP contribution >= 0.6 is 12.2 Å². The third-order valence-corrected chi connectivity index (χ3v) is 3.67. The van der Waals surface area contributed by atoms with Gasteiger partial charge in [0.05, 0.1) is 16.0 Å². The van der Waals surface area contributed by atoms with Gasteiger partial charge in [0, 0.05) is 17.9 Å². The molecule has 0 spiro atoms. The molecule has 0 aliphatic rings. The molecular weight excluding hydrogens is 254 g/mol. The van der Waals surface area contributed by atoms with Crippen LogP contribution in [-0.2, 0) is 12.0 Å². The summed E-state index contributed by atoms with van der Waals surface area (Å²) in [7, 11) is 0. The van der Waals surface area contributed by atoms with E-state index in [4.69, 9.17) is 22.9 Å². The number of nitrogens with zero attached hydrogens (tertiary/aromatic N) is 2. The molecule has 0 saturated carbocycles. The van der Waals surface area contributed by atoms with Gasteiger partial charge in [0.25, 0.3) is 0 Å². The van der Waals surface area contributed by atoms with Gasteiger partial charge in [0.1, 0.15) is 5.82 Å². The van der Waals surface area contributed by atoms with Gasteiger partial charge in [-0.15, -0.1) is 0 Å². The molecule has 0 radical (unpaired) electrons. The Morgan fingerprint density at radius 3 is 2.58 bits per heavy atom. The van der Waals surface area contributed by atoms with Crippen molar-refractivity contribution < 1.29 is 0 Å². The number of fused-ring (bicyclic) bond motifs is 1. The topological polar surface area (TPSA) is 43.8 Å². The minimum Gasteiger partial charge on any atom is -0.393 e. The van der Waals surface area contributed by atoms with E-state index in [0.717, 1.165) is 23.4 Å². The number of hydrogen-bond donors (Lipinski definition) is 1. The number of rotatable bonds is 3. The van der Waals surface area contributed by atoms with Crippen LogP contribution in [0.3, 0.4) is 0 Å². The second kappa shape index (κ2) is 4.93. The lowest BCUT2D eigenvalue weighted by atomic mass is 9.95. The van der Waals surface area contributed by atoms with Gasteiger partial charge in [-0.1, -0.05) is 52.0 Å². The zero-order valence-corrected chi connectivity index (χ0v) is 12.8. The first-order chi connectivity index (χ1) is 8.80. The van der Waals surface area contributed by atoms with Crippen LogP contribution in [0.5, 0.6) is 0 Å². The average molecular weight is 275 g/mol. The number of para-hydroxylation sites is 2. The Labute approximate surface area is 119 Å². The van der Waals surface area contributed by atoms with Crippen LogP contribution in [0.1, 0.15) is 33.5 Å². The van der Waals surface area contributed by atoms with E-state index in [2.05, 4.69) is 38.3 Å². The van der Waals surface area contributed by atoms with E-state index < -0.39 is 0 Å². The molecule has 1 atom stereocenters. The Balaban J connectivity index is 2.58. The molecule has 2 rings (SSSR count). The quantitative estimate of drug-likeness (QED) is 0.874. The van der Waals surface area contributed by atoms with E-state index in [-0.39, 0.29) is 11.3 Å². The third kappa shape index (κ3) is 2.78. The van der Waals surface area contributed by atoms with Crippen LogP contribution in [0.25, 0.3) is 11.0 Å². The van der Waals surface area contributed by atoms with Crippen LogP contribution in [-0.4, -0.2) is 14.5 Å². The SMILES string of the molecule is CC(Cn1c(C(C)(C)C)nc2ccccc21)C(N)=S. The highest BCUT2D eigenvalue weighted by molar-refractivity contribution is 7.80. The van der Waals surface area contributed by atoms with Gasteiger partial charge in [-0.25, -0.2) is 4.98 Å². The van der Waals surface area contributed by atoms with Crippen molar-refractivity contribution in [2.75, 3.05) is 0 Å². The minimum absolute atomic E-state index is 0.00500. The highest BCUT2D eigenvalue weighted by Gasteiger charge is 2.23. The fourth-order valence-corrected chi connectivity index (χ4v) is 2.27. The molecule has 0 saturated heterocycles. The van der Waals surface area contributed by atoms with Crippen molar-refractivity contribution in [3.05, 3.63) is 30.1 Å². The molecule has 0 amide bonds. The van der Waals surface area contributed by atoms with Crippen molar-refractivity contribution in [2.24, 2.45) is 11.7 Å². The van der Waals surface area contributed by atoms with Gasteiger partial charge >= 0.3 is 0 Å². The first kappa shape index (κ1) is 14.0. The number of aromatic nitrogens is 2. The van der Waals surface area contributed by atoms with Crippen molar-refractivity contribution >= 4 is 28.2 Å². The lowest BCUT2D eigenvalue weighted by Crippen LogP contribution is -2.26. The summed E-state index contributed by atoms with van der Waals surface area (Å²) in [5.41, 5.74) is 7.93. The standard InChI is InChI=1S/C15H21N3S/c1-10(13(16)19)9-18-12-8-6-5-7-11(12)17-14(18)15(2,3)4/h5-8,10H,9H2,1-4H3,(H2,16,19). The smallest absolute Gasteiger partial charge is 0.115 e. The fraction of sp³-hybridized carbons (Fsp3) is 0.467. The lowest BCUT2D eigenvalue weighted by molar-refractivity contribution is 0.485. The summed E-state index contributed by atoms with van der Waals surface area (Å²) in [6.45, 7) is 9.37. The zero-order valence-electron chi connectivity index (χ0n) is 12.0. The van der Waals surface area contributed by atoms with Gasteiger partial charge in [0.15, 0.2) is 0 Å². The first-order valence-electron chi connectivity index (χ1n) is 6.56. The highest BCUT2D eigenvalue weighted by atomic mass is 32.1. The molecule has 0 aliphatic heterocycles. The third-order valence-electron chi connectivity index (χ3n) is 3.27. The second-order valence-electron chi connectivity index (χ2n) is 6.09. The Kier molecular flexibility index (Phi) is 3.63. The predicted octanol–water partition coefficient (Wildman–Crippen LogP) is 3.26. The zero-order chi connectivity index (χ0) is 14.2. The summed E-state index contributed by atoms with van der Waals surface area (Å²) < 4.78 is 2.25. The summed E-state index contributed by atoms with van der Waals surface area (Å²) in [4.78, 5) is 5.33. The average Bonchev–Trinajstić information content (AvgIpc) is 2.68. The molecule has 0 aliphatic carbocycles. The molecule has 102 valence electrons. The summed E-state index contributed by atoms with van der Waals surface area (Å²) in [6, 6.07) is 8.21. The molecule has 1 unspecified atom stereocenters. The van der Waals surface area contributed by atoms with E-state index in [1.54, 1.807) is 0 Å². The van der Waals surface area contributed by atoms with Gasteiger partial charge < -0.3 is 10.3 Å². The normalized spacial score (nSPS) is 13.7. The van der Waals surface area contributed by atoms with Gasteiger partial charge in [0.2, 0.25) is 0 Å². The Morgan fingerprint density at radius 2 is 2.00 bits per heavy atom. The van der Waals surface area contributed by atoms with E-state index in [1.807, 2.05) is 18.2 Å². The van der Waals surface area contributed by atoms with Crippen LogP contribution in [0.2, 0.25) is 0 Å². The minimum atomic E-state index is -0.00500. The van der Waals surface area contributed by atoms with Crippen LogP contribution in [0.4, 0.5) is 0 Å². The maximum absolute atomic E-state index is 5.75. The monoisotopic (exact) mass is 275 g/mol. The van der Waals surface area contributed by atoms with Crippen LogP contribution in [0, 0.1) is 5.92 Å². The second-order valence-corrected chi connectivity index (χ2v) is 6.56. The van der Waals surface area contributed by atoms with Crippen molar-refractivity contribution in [1.29, 1.82) is 0 Å². The van der Waals surface area contributed by atoms with E-state index in [0.29, 0.717) is 4.99 Å². The molecule has 19 heavy (non-hydrogen) atoms. The van der Waals surface area contributed by atoms with Gasteiger partial charge in [-0.3, -0.25) is 0 Å².